The van der Waals surface area contributed by atoms with Gasteiger partial charge in [-0.3, -0.25) is 10.3 Å². The second-order valence-corrected chi connectivity index (χ2v) is 6.59. The molecule has 1 aromatic carbocycles. The highest BCUT2D eigenvalue weighted by atomic mass is 32.1. The van der Waals surface area contributed by atoms with E-state index in [0.29, 0.717) is 5.13 Å². The Labute approximate surface area is 138 Å². The van der Waals surface area contributed by atoms with Gasteiger partial charge in [0.1, 0.15) is 0 Å². The maximum atomic E-state index is 12.6. The maximum absolute atomic E-state index is 12.6. The van der Waals surface area contributed by atoms with Gasteiger partial charge in [0.2, 0.25) is 0 Å². The zero-order valence-corrected chi connectivity index (χ0v) is 13.3. The Bertz CT molecular complexity index is 800. The molecule has 4 rings (SSSR count). The summed E-state index contributed by atoms with van der Waals surface area (Å²) in [6.45, 7) is 0.760. The van der Waals surface area contributed by atoms with Gasteiger partial charge in [-0.25, -0.2) is 9.78 Å². The number of nitrogens with one attached hydrogen (secondary N) is 1. The SMILES string of the molecule is O=C(Nc1nc2ccccc2s1)N1CCCC1c1cccnc1. The van der Waals surface area contributed by atoms with Gasteiger partial charge in [-0.2, -0.15) is 0 Å². The van der Waals surface area contributed by atoms with Crippen molar-refractivity contribution in [3.8, 4) is 0 Å². The number of carbonyl (C=O) groups excluding carboxylic acids is 1. The van der Waals surface area contributed by atoms with Crippen LogP contribution >= 0.6 is 11.3 Å². The smallest absolute Gasteiger partial charge is 0.317 e. The second-order valence-electron chi connectivity index (χ2n) is 5.55. The standard InChI is InChI=1S/C17H16N4OS/c22-17(20-16-19-13-6-1-2-8-15(13)23-16)21-10-4-7-14(21)12-5-3-9-18-11-12/h1-3,5-6,8-9,11,14H,4,7,10H2,(H,19,20,22). The van der Waals surface area contributed by atoms with Crippen LogP contribution in [0.5, 0.6) is 0 Å². The number of benzene rings is 1. The molecule has 1 N–H and O–H groups in total. The number of rotatable bonds is 2. The average Bonchev–Trinajstić information content (AvgIpc) is 3.22. The van der Waals surface area contributed by atoms with Gasteiger partial charge in [0.25, 0.3) is 0 Å². The van der Waals surface area contributed by atoms with E-state index in [-0.39, 0.29) is 12.1 Å². The molecule has 6 heteroatoms. The van der Waals surface area contributed by atoms with E-state index in [2.05, 4.69) is 15.3 Å². The van der Waals surface area contributed by atoms with Crippen molar-refractivity contribution in [1.29, 1.82) is 0 Å². The molecule has 5 nitrogen and oxygen atoms in total. The summed E-state index contributed by atoms with van der Waals surface area (Å²) in [6.07, 6.45) is 5.57. The van der Waals surface area contributed by atoms with Crippen LogP contribution in [0.1, 0.15) is 24.4 Å². The number of urea groups is 1. The molecule has 0 spiro atoms. The van der Waals surface area contributed by atoms with Crippen molar-refractivity contribution in [2.75, 3.05) is 11.9 Å². The molecule has 2 amide bonds. The molecule has 1 fully saturated rings. The van der Waals surface area contributed by atoms with Crippen LogP contribution in [0.15, 0.2) is 48.8 Å². The first-order chi connectivity index (χ1) is 11.3. The highest BCUT2D eigenvalue weighted by molar-refractivity contribution is 7.22. The molecular formula is C17H16N4OS. The summed E-state index contributed by atoms with van der Waals surface area (Å²) < 4.78 is 1.08. The highest BCUT2D eigenvalue weighted by Gasteiger charge is 2.30. The largest absolute Gasteiger partial charge is 0.324 e. The number of anilines is 1. The molecule has 116 valence electrons. The van der Waals surface area contributed by atoms with E-state index in [0.717, 1.165) is 35.2 Å². The molecule has 0 radical (unpaired) electrons. The van der Waals surface area contributed by atoms with Crippen molar-refractivity contribution in [3.05, 3.63) is 54.4 Å². The fourth-order valence-corrected chi connectivity index (χ4v) is 3.87. The lowest BCUT2D eigenvalue weighted by molar-refractivity contribution is 0.207. The Balaban J connectivity index is 1.54. The summed E-state index contributed by atoms with van der Waals surface area (Å²) in [4.78, 5) is 23.2. The van der Waals surface area contributed by atoms with Gasteiger partial charge in [-0.15, -0.1) is 0 Å². The van der Waals surface area contributed by atoms with Crippen molar-refractivity contribution in [1.82, 2.24) is 14.9 Å². The molecule has 0 saturated carbocycles. The fourth-order valence-electron chi connectivity index (χ4n) is 3.02. The lowest BCUT2D eigenvalue weighted by atomic mass is 10.1. The minimum Gasteiger partial charge on any atom is -0.317 e. The quantitative estimate of drug-likeness (QED) is 0.773. The summed E-state index contributed by atoms with van der Waals surface area (Å²) in [5.41, 5.74) is 2.00. The number of fused-ring (bicyclic) bond motifs is 1. The molecule has 1 saturated heterocycles. The first kappa shape index (κ1) is 14.1. The van der Waals surface area contributed by atoms with Gasteiger partial charge in [0.15, 0.2) is 5.13 Å². The van der Waals surface area contributed by atoms with Crippen LogP contribution in [0.25, 0.3) is 10.2 Å². The van der Waals surface area contributed by atoms with Crippen LogP contribution in [0.2, 0.25) is 0 Å². The molecule has 3 heterocycles. The normalized spacial score (nSPS) is 17.6. The number of pyridine rings is 1. The van der Waals surface area contributed by atoms with Crippen molar-refractivity contribution >= 4 is 32.7 Å². The number of aromatic nitrogens is 2. The average molecular weight is 324 g/mol. The first-order valence-electron chi connectivity index (χ1n) is 7.64. The van der Waals surface area contributed by atoms with Gasteiger partial charge in [-0.1, -0.05) is 29.5 Å². The van der Waals surface area contributed by atoms with Crippen LogP contribution in [-0.4, -0.2) is 27.4 Å². The third-order valence-electron chi connectivity index (χ3n) is 4.09. The number of amides is 2. The maximum Gasteiger partial charge on any atom is 0.324 e. The van der Waals surface area contributed by atoms with E-state index < -0.39 is 0 Å². The molecule has 0 bridgehead atoms. The molecule has 3 aromatic rings. The number of hydrogen-bond acceptors (Lipinski definition) is 4. The topological polar surface area (TPSA) is 58.1 Å². The van der Waals surface area contributed by atoms with Gasteiger partial charge < -0.3 is 4.90 Å². The number of carbonyl (C=O) groups is 1. The highest BCUT2D eigenvalue weighted by Crippen LogP contribution is 2.32. The van der Waals surface area contributed by atoms with Crippen molar-refractivity contribution in [2.45, 2.75) is 18.9 Å². The van der Waals surface area contributed by atoms with Crippen LogP contribution in [-0.2, 0) is 0 Å². The second kappa shape index (κ2) is 5.96. The molecule has 1 atom stereocenters. The Kier molecular flexibility index (Phi) is 3.67. The van der Waals surface area contributed by atoms with Crippen LogP contribution in [0, 0.1) is 0 Å². The molecule has 0 aliphatic carbocycles. The van der Waals surface area contributed by atoms with E-state index in [1.54, 1.807) is 6.20 Å². The molecule has 1 unspecified atom stereocenters. The lowest BCUT2D eigenvalue weighted by Crippen LogP contribution is -2.34. The van der Waals surface area contributed by atoms with Crippen molar-refractivity contribution in [3.63, 3.8) is 0 Å². The van der Waals surface area contributed by atoms with E-state index in [9.17, 15) is 4.79 Å². The molecular weight excluding hydrogens is 308 g/mol. The van der Waals surface area contributed by atoms with Gasteiger partial charge in [0.05, 0.1) is 16.3 Å². The summed E-state index contributed by atoms with van der Waals surface area (Å²) in [6, 6.07) is 11.8. The van der Waals surface area contributed by atoms with E-state index >= 15 is 0 Å². The van der Waals surface area contributed by atoms with E-state index in [1.807, 2.05) is 47.5 Å². The third-order valence-corrected chi connectivity index (χ3v) is 5.04. The fraction of sp³-hybridized carbons (Fsp3) is 0.235. The number of likely N-dealkylation sites (tertiary alicyclic amines) is 1. The zero-order chi connectivity index (χ0) is 15.6. The van der Waals surface area contributed by atoms with Crippen LogP contribution < -0.4 is 5.32 Å². The van der Waals surface area contributed by atoms with Crippen molar-refractivity contribution < 1.29 is 4.79 Å². The lowest BCUT2D eigenvalue weighted by Gasteiger charge is -2.24. The van der Waals surface area contributed by atoms with E-state index in [1.165, 1.54) is 11.3 Å². The predicted molar refractivity (Wildman–Crippen MR) is 91.6 cm³/mol. The summed E-state index contributed by atoms with van der Waals surface area (Å²) >= 11 is 1.50. The van der Waals surface area contributed by atoms with Gasteiger partial charge in [-0.05, 0) is 36.6 Å². The first-order valence-corrected chi connectivity index (χ1v) is 8.46. The number of para-hydroxylation sites is 1. The monoisotopic (exact) mass is 324 g/mol. The number of nitrogens with zero attached hydrogens (tertiary/aromatic N) is 3. The van der Waals surface area contributed by atoms with Gasteiger partial charge in [0, 0.05) is 18.9 Å². The summed E-state index contributed by atoms with van der Waals surface area (Å²) in [5, 5.41) is 3.59. The predicted octanol–water partition coefficient (Wildman–Crippen LogP) is 4.06. The molecule has 23 heavy (non-hydrogen) atoms. The minimum absolute atomic E-state index is 0.0876. The molecule has 1 aliphatic rings. The third kappa shape index (κ3) is 2.77. The van der Waals surface area contributed by atoms with Crippen molar-refractivity contribution in [2.24, 2.45) is 0 Å². The number of hydrogen-bond donors (Lipinski definition) is 1. The summed E-state index contributed by atoms with van der Waals surface area (Å²) in [7, 11) is 0. The summed E-state index contributed by atoms with van der Waals surface area (Å²) in [5.74, 6) is 0. The van der Waals surface area contributed by atoms with Gasteiger partial charge >= 0.3 is 6.03 Å². The minimum atomic E-state index is -0.0876. The Morgan fingerprint density at radius 3 is 3.00 bits per heavy atom. The Morgan fingerprint density at radius 2 is 2.17 bits per heavy atom. The zero-order valence-electron chi connectivity index (χ0n) is 12.5. The van der Waals surface area contributed by atoms with Crippen LogP contribution in [0.3, 0.4) is 0 Å². The van der Waals surface area contributed by atoms with Crippen LogP contribution in [0.4, 0.5) is 9.93 Å². The Hall–Kier alpha value is -2.47. The Morgan fingerprint density at radius 1 is 1.26 bits per heavy atom. The molecule has 2 aromatic heterocycles. The molecule has 1 aliphatic heterocycles. The number of thiazole rings is 1. The van der Waals surface area contributed by atoms with E-state index in [4.69, 9.17) is 0 Å².